The van der Waals surface area contributed by atoms with Crippen molar-refractivity contribution in [3.8, 4) is 0 Å². The maximum absolute atomic E-state index is 13.4. The highest BCUT2D eigenvalue weighted by atomic mass is 16.7. The third-order valence-electron chi connectivity index (χ3n) is 19.7. The average molecular weight is 1350 g/mol. The predicted molar refractivity (Wildman–Crippen MR) is 392 cm³/mol. The smallest absolute Gasteiger partial charge is 0.220 e. The van der Waals surface area contributed by atoms with Crippen LogP contribution in [0, 0.1) is 0 Å². The summed E-state index contributed by atoms with van der Waals surface area (Å²) in [5.41, 5.74) is 0. The molecule has 2 saturated heterocycles. The lowest BCUT2D eigenvalue weighted by Crippen LogP contribution is -2.65. The first-order valence-corrected chi connectivity index (χ1v) is 40.4. The number of allylic oxidation sites excluding steroid dienone is 7. The monoisotopic (exact) mass is 1350 g/mol. The molecule has 14 nitrogen and oxygen atoms in total. The van der Waals surface area contributed by atoms with Crippen LogP contribution in [-0.2, 0) is 23.7 Å². The Bertz CT molecular complexity index is 1780. The van der Waals surface area contributed by atoms with E-state index < -0.39 is 86.8 Å². The molecule has 2 rings (SSSR count). The number of hydrogen-bond acceptors (Lipinski definition) is 13. The van der Waals surface area contributed by atoms with Gasteiger partial charge in [0, 0.05) is 6.42 Å². The summed E-state index contributed by atoms with van der Waals surface area (Å²) in [6, 6.07) is -0.940. The molecule has 0 spiro atoms. The standard InChI is InChI=1S/C81H151NO13/c1-3-5-7-9-11-13-15-17-19-21-23-25-27-29-31-33-34-35-37-38-40-42-44-46-48-50-52-54-56-58-60-62-64-70(85)69(68-92-80-78(91)76(89)79(72(67-84)94-80)95-81-77(90)75(88)74(87)71(66-83)93-81)82-73(86)65-63-61-59-57-55-53-51-49-47-45-43-41-39-36-32-30-28-26-24-22-20-18-16-14-12-10-8-6-4-2/h22,24,46,48,54,56,62,64,69-72,74-81,83-85,87-91H,3-21,23,25-45,47,49-53,55,57-61,63,65-68H2,1-2H3,(H,82,86)/b24-22-,48-46+,56-54+,64-62+. The van der Waals surface area contributed by atoms with Gasteiger partial charge in [-0.2, -0.15) is 0 Å². The SMILES string of the molecule is CCCCCCCCCC/C=C\CCCCCCCCCCCCCCCCCCCC(=O)NC(COC1OC(CO)C(OC2OC(CO)C(O)C(O)C2O)C(O)C1O)C(O)/C=C/CC/C=C/CC/C=C/CCCCCCCCCCCCCCCCCCCCCCCC. The van der Waals surface area contributed by atoms with Gasteiger partial charge in [-0.15, -0.1) is 0 Å². The topological polar surface area (TPSA) is 228 Å². The molecule has 0 aromatic heterocycles. The number of aliphatic hydroxyl groups is 8. The Balaban J connectivity index is 1.64. The zero-order chi connectivity index (χ0) is 68.7. The molecule has 0 aliphatic carbocycles. The highest BCUT2D eigenvalue weighted by molar-refractivity contribution is 5.76. The van der Waals surface area contributed by atoms with E-state index >= 15 is 0 Å². The first kappa shape index (κ1) is 89.0. The van der Waals surface area contributed by atoms with Gasteiger partial charge in [0.2, 0.25) is 5.91 Å². The molecule has 2 fully saturated rings. The van der Waals surface area contributed by atoms with Crippen LogP contribution in [-0.4, -0.2) is 140 Å². The first-order valence-electron chi connectivity index (χ1n) is 40.4. The van der Waals surface area contributed by atoms with Crippen molar-refractivity contribution >= 4 is 5.91 Å². The normalized spacial score (nSPS) is 22.5. The van der Waals surface area contributed by atoms with Gasteiger partial charge in [-0.1, -0.05) is 339 Å². The molecule has 9 N–H and O–H groups in total. The molecule has 0 saturated carbocycles. The number of hydrogen-bond donors (Lipinski definition) is 9. The molecule has 0 bridgehead atoms. The molecule has 2 heterocycles. The lowest BCUT2D eigenvalue weighted by molar-refractivity contribution is -0.359. The van der Waals surface area contributed by atoms with Gasteiger partial charge in [-0.05, 0) is 70.6 Å². The molecule has 2 aliphatic heterocycles. The van der Waals surface area contributed by atoms with Crippen LogP contribution in [0.2, 0.25) is 0 Å². The summed E-state index contributed by atoms with van der Waals surface area (Å²) >= 11 is 0. The first-order chi connectivity index (χ1) is 46.6. The zero-order valence-electron chi connectivity index (χ0n) is 61.2. The Labute approximate surface area is 582 Å². The van der Waals surface area contributed by atoms with E-state index in [1.54, 1.807) is 6.08 Å². The molecule has 12 atom stereocenters. The number of rotatable bonds is 68. The van der Waals surface area contributed by atoms with Gasteiger partial charge in [0.1, 0.15) is 48.8 Å². The van der Waals surface area contributed by atoms with Crippen molar-refractivity contribution in [3.05, 3.63) is 48.6 Å². The summed E-state index contributed by atoms with van der Waals surface area (Å²) in [7, 11) is 0. The molecule has 558 valence electrons. The number of nitrogens with one attached hydrogen (secondary N) is 1. The number of amides is 1. The molecule has 95 heavy (non-hydrogen) atoms. The van der Waals surface area contributed by atoms with Gasteiger partial charge in [0.05, 0.1) is 32.0 Å². The van der Waals surface area contributed by atoms with E-state index in [-0.39, 0.29) is 18.9 Å². The molecule has 1 amide bonds. The Morgan fingerprint density at radius 2 is 0.674 bits per heavy atom. The van der Waals surface area contributed by atoms with E-state index in [1.165, 1.54) is 289 Å². The summed E-state index contributed by atoms with van der Waals surface area (Å²) in [5.74, 6) is -0.247. The lowest BCUT2D eigenvalue weighted by Gasteiger charge is -2.46. The van der Waals surface area contributed by atoms with E-state index in [9.17, 15) is 45.6 Å². The Morgan fingerprint density at radius 1 is 0.368 bits per heavy atom. The quantitative estimate of drug-likeness (QED) is 0.0204. The highest BCUT2D eigenvalue weighted by Crippen LogP contribution is 2.30. The number of unbranched alkanes of at least 4 members (excludes halogenated alkanes) is 49. The van der Waals surface area contributed by atoms with E-state index in [1.807, 2.05) is 6.08 Å². The summed E-state index contributed by atoms with van der Waals surface area (Å²) in [5, 5.41) is 87.6. The van der Waals surface area contributed by atoms with Crippen LogP contribution >= 0.6 is 0 Å². The second-order valence-electron chi connectivity index (χ2n) is 28.5. The van der Waals surface area contributed by atoms with E-state index in [0.717, 1.165) is 44.9 Å². The van der Waals surface area contributed by atoms with Crippen molar-refractivity contribution in [2.24, 2.45) is 0 Å². The fourth-order valence-corrected chi connectivity index (χ4v) is 13.3. The lowest BCUT2D eigenvalue weighted by atomic mass is 9.97. The fourth-order valence-electron chi connectivity index (χ4n) is 13.3. The predicted octanol–water partition coefficient (Wildman–Crippen LogP) is 18.2. The Kier molecular flexibility index (Phi) is 61.2. The van der Waals surface area contributed by atoms with Gasteiger partial charge >= 0.3 is 0 Å². The van der Waals surface area contributed by atoms with Gasteiger partial charge in [-0.25, -0.2) is 0 Å². The van der Waals surface area contributed by atoms with Crippen LogP contribution in [0.3, 0.4) is 0 Å². The summed E-state index contributed by atoms with van der Waals surface area (Å²) < 4.78 is 22.9. The van der Waals surface area contributed by atoms with Crippen LogP contribution < -0.4 is 5.32 Å². The fraction of sp³-hybridized carbons (Fsp3) is 0.889. The molecule has 12 unspecified atom stereocenters. The maximum atomic E-state index is 13.4. The molecule has 2 aliphatic rings. The van der Waals surface area contributed by atoms with Crippen LogP contribution in [0.25, 0.3) is 0 Å². The van der Waals surface area contributed by atoms with Crippen molar-refractivity contribution in [2.75, 3.05) is 19.8 Å². The third-order valence-corrected chi connectivity index (χ3v) is 19.7. The van der Waals surface area contributed by atoms with Crippen molar-refractivity contribution in [1.29, 1.82) is 0 Å². The number of carbonyl (C=O) groups excluding carboxylic acids is 1. The number of aliphatic hydroxyl groups excluding tert-OH is 8. The van der Waals surface area contributed by atoms with Gasteiger partial charge in [-0.3, -0.25) is 4.79 Å². The molecular formula is C81H151NO13. The Morgan fingerprint density at radius 3 is 1.03 bits per heavy atom. The van der Waals surface area contributed by atoms with E-state index in [0.29, 0.717) is 12.8 Å². The Hall–Kier alpha value is -2.05. The van der Waals surface area contributed by atoms with Gasteiger partial charge in [0.25, 0.3) is 0 Å². The van der Waals surface area contributed by atoms with Crippen LogP contribution in [0.15, 0.2) is 48.6 Å². The van der Waals surface area contributed by atoms with Crippen molar-refractivity contribution in [1.82, 2.24) is 5.32 Å². The summed E-state index contributed by atoms with van der Waals surface area (Å²) in [6.45, 7) is 2.83. The van der Waals surface area contributed by atoms with Crippen LogP contribution in [0.4, 0.5) is 0 Å². The minimum Gasteiger partial charge on any atom is -0.394 e. The van der Waals surface area contributed by atoms with Crippen molar-refractivity contribution in [2.45, 2.75) is 441 Å². The minimum atomic E-state index is -1.79. The average Bonchev–Trinajstić information content (AvgIpc) is 0.801. The minimum absolute atomic E-state index is 0.247. The zero-order valence-corrected chi connectivity index (χ0v) is 61.2. The summed E-state index contributed by atoms with van der Waals surface area (Å²) in [4.78, 5) is 13.4. The van der Waals surface area contributed by atoms with E-state index in [2.05, 4.69) is 55.6 Å². The molecular weight excluding hydrogens is 1190 g/mol. The number of ether oxygens (including phenoxy) is 4. The number of carbonyl (C=O) groups is 1. The molecule has 14 heteroatoms. The van der Waals surface area contributed by atoms with Gasteiger partial charge in [0.15, 0.2) is 12.6 Å². The van der Waals surface area contributed by atoms with E-state index in [4.69, 9.17) is 18.9 Å². The molecule has 0 aromatic carbocycles. The molecule has 0 radical (unpaired) electrons. The second-order valence-corrected chi connectivity index (χ2v) is 28.5. The molecule has 0 aromatic rings. The van der Waals surface area contributed by atoms with Crippen molar-refractivity contribution < 1.29 is 64.6 Å². The van der Waals surface area contributed by atoms with Crippen molar-refractivity contribution in [3.63, 3.8) is 0 Å². The third kappa shape index (κ3) is 48.4. The maximum Gasteiger partial charge on any atom is 0.220 e. The van der Waals surface area contributed by atoms with Crippen LogP contribution in [0.1, 0.15) is 367 Å². The summed E-state index contributed by atoms with van der Waals surface area (Å²) in [6.07, 6.45) is 70.6. The van der Waals surface area contributed by atoms with Crippen LogP contribution in [0.5, 0.6) is 0 Å². The second kappa shape index (κ2) is 65.3. The largest absolute Gasteiger partial charge is 0.394 e. The highest BCUT2D eigenvalue weighted by Gasteiger charge is 2.51. The van der Waals surface area contributed by atoms with Gasteiger partial charge < -0.3 is 65.1 Å².